The zero-order valence-electron chi connectivity index (χ0n) is 9.97. The van der Waals surface area contributed by atoms with E-state index in [1.807, 2.05) is 44.4 Å². The summed E-state index contributed by atoms with van der Waals surface area (Å²) in [5.41, 5.74) is 7.31. The fraction of sp³-hybridized carbons (Fsp3) is 0.308. The lowest BCUT2D eigenvalue weighted by molar-refractivity contribution is 0.485. The smallest absolute Gasteiger partial charge is 0.106 e. The molecule has 0 saturated heterocycles. The number of benzene rings is 1. The van der Waals surface area contributed by atoms with E-state index < -0.39 is 0 Å². The van der Waals surface area contributed by atoms with Crippen LogP contribution in [0.4, 0.5) is 0 Å². The second-order valence-corrected chi connectivity index (χ2v) is 5.06. The summed E-state index contributed by atoms with van der Waals surface area (Å²) < 4.78 is 3.19. The lowest BCUT2D eigenvalue weighted by Gasteiger charge is -2.25. The van der Waals surface area contributed by atoms with Gasteiger partial charge in [-0.1, -0.05) is 34.1 Å². The summed E-state index contributed by atoms with van der Waals surface area (Å²) in [6.45, 7) is 4.01. The number of hydrogen-bond acceptors (Lipinski definition) is 2. The number of hydrogen-bond donors (Lipinski definition) is 1. The van der Waals surface area contributed by atoms with Crippen molar-refractivity contribution >= 4 is 15.9 Å². The first-order valence-electron chi connectivity index (χ1n) is 5.60. The van der Waals surface area contributed by atoms with Gasteiger partial charge in [0, 0.05) is 22.9 Å². The van der Waals surface area contributed by atoms with Crippen LogP contribution in [-0.4, -0.2) is 15.6 Å². The van der Waals surface area contributed by atoms with Gasteiger partial charge in [0.15, 0.2) is 0 Å². The topological polar surface area (TPSA) is 43.8 Å². The Morgan fingerprint density at radius 3 is 2.59 bits per heavy atom. The minimum absolute atomic E-state index is 0.0154. The van der Waals surface area contributed by atoms with E-state index in [1.54, 1.807) is 0 Å². The Hall–Kier alpha value is -1.13. The van der Waals surface area contributed by atoms with Crippen molar-refractivity contribution in [1.29, 1.82) is 0 Å². The van der Waals surface area contributed by atoms with Crippen LogP contribution in [-0.2, 0) is 0 Å². The molecular formula is C13H16BrN3. The van der Waals surface area contributed by atoms with E-state index in [-0.39, 0.29) is 12.1 Å². The van der Waals surface area contributed by atoms with Crippen LogP contribution in [0.1, 0.15) is 24.4 Å². The molecule has 4 heteroatoms. The Bertz CT molecular complexity index is 505. The van der Waals surface area contributed by atoms with Crippen LogP contribution in [0.2, 0.25) is 0 Å². The van der Waals surface area contributed by atoms with Gasteiger partial charge in [-0.2, -0.15) is 0 Å². The van der Waals surface area contributed by atoms with Crippen molar-refractivity contribution in [2.24, 2.45) is 5.73 Å². The number of rotatable bonds is 3. The van der Waals surface area contributed by atoms with E-state index >= 15 is 0 Å². The average molecular weight is 294 g/mol. The Morgan fingerprint density at radius 2 is 2.06 bits per heavy atom. The summed E-state index contributed by atoms with van der Waals surface area (Å²) >= 11 is 3.59. The molecule has 1 heterocycles. The fourth-order valence-electron chi connectivity index (χ4n) is 2.08. The van der Waals surface area contributed by atoms with E-state index in [0.717, 1.165) is 10.3 Å². The van der Waals surface area contributed by atoms with Crippen molar-refractivity contribution in [3.63, 3.8) is 0 Å². The lowest BCUT2D eigenvalue weighted by Crippen LogP contribution is -2.30. The number of halogens is 1. The summed E-state index contributed by atoms with van der Waals surface area (Å²) in [4.78, 5) is 4.27. The number of imidazole rings is 1. The van der Waals surface area contributed by atoms with Gasteiger partial charge in [-0.3, -0.25) is 0 Å². The van der Waals surface area contributed by atoms with Gasteiger partial charge in [-0.25, -0.2) is 4.98 Å². The summed E-state index contributed by atoms with van der Waals surface area (Å²) in [6.07, 6.45) is 3.78. The first kappa shape index (κ1) is 12.3. The maximum absolute atomic E-state index is 6.13. The Balaban J connectivity index is 2.51. The second-order valence-electron chi connectivity index (χ2n) is 4.21. The molecule has 2 unspecified atom stereocenters. The molecule has 17 heavy (non-hydrogen) atoms. The van der Waals surface area contributed by atoms with Crippen LogP contribution in [0.25, 0.3) is 0 Å². The molecule has 2 atom stereocenters. The SMILES string of the molecule is Cc1nccn1C(c1ccccc1Br)C(C)N. The molecule has 0 saturated carbocycles. The first-order valence-corrected chi connectivity index (χ1v) is 6.40. The lowest BCUT2D eigenvalue weighted by atomic mass is 10.0. The highest BCUT2D eigenvalue weighted by Crippen LogP contribution is 2.28. The van der Waals surface area contributed by atoms with Crippen molar-refractivity contribution in [1.82, 2.24) is 9.55 Å². The summed E-state index contributed by atoms with van der Waals surface area (Å²) in [7, 11) is 0. The molecule has 0 aliphatic heterocycles. The molecule has 0 amide bonds. The maximum atomic E-state index is 6.13. The zero-order chi connectivity index (χ0) is 12.4. The van der Waals surface area contributed by atoms with Crippen LogP contribution in [0.15, 0.2) is 41.1 Å². The molecule has 3 nitrogen and oxygen atoms in total. The van der Waals surface area contributed by atoms with Crippen LogP contribution in [0.3, 0.4) is 0 Å². The predicted octanol–water partition coefficient (Wildman–Crippen LogP) is 2.89. The highest BCUT2D eigenvalue weighted by molar-refractivity contribution is 9.10. The monoisotopic (exact) mass is 293 g/mol. The van der Waals surface area contributed by atoms with Crippen molar-refractivity contribution in [3.05, 3.63) is 52.5 Å². The molecule has 1 aromatic heterocycles. The van der Waals surface area contributed by atoms with Gasteiger partial charge in [0.05, 0.1) is 6.04 Å². The quantitative estimate of drug-likeness (QED) is 0.946. The van der Waals surface area contributed by atoms with Gasteiger partial charge >= 0.3 is 0 Å². The number of aromatic nitrogens is 2. The third kappa shape index (κ3) is 2.42. The van der Waals surface area contributed by atoms with Gasteiger partial charge in [-0.05, 0) is 25.5 Å². The zero-order valence-corrected chi connectivity index (χ0v) is 11.6. The summed E-state index contributed by atoms with van der Waals surface area (Å²) in [5.74, 6) is 0.975. The number of nitrogens with two attached hydrogens (primary N) is 1. The fourth-order valence-corrected chi connectivity index (χ4v) is 2.60. The molecule has 0 spiro atoms. The molecule has 2 aromatic rings. The third-order valence-corrected chi connectivity index (χ3v) is 3.61. The molecule has 2 rings (SSSR count). The Kier molecular flexibility index (Phi) is 3.64. The van der Waals surface area contributed by atoms with Gasteiger partial charge < -0.3 is 10.3 Å². The Labute approximate surface area is 110 Å². The molecule has 0 radical (unpaired) electrons. The molecule has 1 aromatic carbocycles. The maximum Gasteiger partial charge on any atom is 0.106 e. The summed E-state index contributed by atoms with van der Waals surface area (Å²) in [5, 5.41) is 0. The minimum Gasteiger partial charge on any atom is -0.326 e. The van der Waals surface area contributed by atoms with Crippen molar-refractivity contribution < 1.29 is 0 Å². The molecule has 0 bridgehead atoms. The van der Waals surface area contributed by atoms with E-state index in [1.165, 1.54) is 5.56 Å². The summed E-state index contributed by atoms with van der Waals surface area (Å²) in [6, 6.07) is 8.29. The highest BCUT2D eigenvalue weighted by Gasteiger charge is 2.21. The van der Waals surface area contributed by atoms with E-state index in [0.29, 0.717) is 0 Å². The molecule has 0 fully saturated rings. The van der Waals surface area contributed by atoms with Gasteiger partial charge in [0.2, 0.25) is 0 Å². The molecule has 0 aliphatic carbocycles. The molecule has 2 N–H and O–H groups in total. The van der Waals surface area contributed by atoms with Crippen molar-refractivity contribution in [2.45, 2.75) is 25.9 Å². The molecule has 90 valence electrons. The predicted molar refractivity (Wildman–Crippen MR) is 72.9 cm³/mol. The largest absolute Gasteiger partial charge is 0.326 e. The van der Waals surface area contributed by atoms with Gasteiger partial charge in [0.1, 0.15) is 5.82 Å². The second kappa shape index (κ2) is 5.02. The highest BCUT2D eigenvalue weighted by atomic mass is 79.9. The van der Waals surface area contributed by atoms with E-state index in [4.69, 9.17) is 5.73 Å². The number of aryl methyl sites for hydroxylation is 1. The molecule has 0 aliphatic rings. The van der Waals surface area contributed by atoms with E-state index in [2.05, 4.69) is 31.5 Å². The number of nitrogens with zero attached hydrogens (tertiary/aromatic N) is 2. The van der Waals surface area contributed by atoms with Gasteiger partial charge in [-0.15, -0.1) is 0 Å². The minimum atomic E-state index is 0.0154. The molecular weight excluding hydrogens is 278 g/mol. The van der Waals surface area contributed by atoms with Crippen molar-refractivity contribution in [3.8, 4) is 0 Å². The van der Waals surface area contributed by atoms with Crippen molar-refractivity contribution in [2.75, 3.05) is 0 Å². The van der Waals surface area contributed by atoms with Crippen LogP contribution in [0.5, 0.6) is 0 Å². The first-order chi connectivity index (χ1) is 8.11. The Morgan fingerprint density at radius 1 is 1.35 bits per heavy atom. The average Bonchev–Trinajstić information content (AvgIpc) is 2.68. The third-order valence-electron chi connectivity index (χ3n) is 2.88. The standard InChI is InChI=1S/C13H16BrN3/c1-9(15)13(17-8-7-16-10(17)2)11-5-3-4-6-12(11)14/h3-9,13H,15H2,1-2H3. The van der Waals surface area contributed by atoms with Crippen LogP contribution >= 0.6 is 15.9 Å². The van der Waals surface area contributed by atoms with Crippen LogP contribution in [0, 0.1) is 6.92 Å². The van der Waals surface area contributed by atoms with E-state index in [9.17, 15) is 0 Å². The van der Waals surface area contributed by atoms with Crippen LogP contribution < -0.4 is 5.73 Å². The van der Waals surface area contributed by atoms with Gasteiger partial charge in [0.25, 0.3) is 0 Å². The normalized spacial score (nSPS) is 14.6.